The second-order valence-corrected chi connectivity index (χ2v) is 6.65. The van der Waals surface area contributed by atoms with E-state index in [1.165, 1.54) is 4.90 Å². The van der Waals surface area contributed by atoms with Crippen LogP contribution in [0.2, 0.25) is 0 Å². The minimum absolute atomic E-state index is 0.0294. The van der Waals surface area contributed by atoms with Gasteiger partial charge in [-0.3, -0.25) is 0 Å². The number of nitrogens with one attached hydrogen (secondary N) is 1. The summed E-state index contributed by atoms with van der Waals surface area (Å²) in [6.07, 6.45) is 2.06. The van der Waals surface area contributed by atoms with E-state index < -0.39 is 5.54 Å². The molecule has 2 N–H and O–H groups in total. The summed E-state index contributed by atoms with van der Waals surface area (Å²) in [5.41, 5.74) is 1.56. The maximum Gasteiger partial charge on any atom is 0.0828 e. The fraction of sp³-hybridized carbons (Fsp3) is 0.250. The summed E-state index contributed by atoms with van der Waals surface area (Å²) >= 11 is 5.14. The largest absolute Gasteiger partial charge is 0.394 e. The number of aliphatic hydroxyl groups excluding tert-OH is 1. The SMILES string of the molecule is CSc1ccc(C(C)(CO)Nc2ccc(Br)cc2)cc1. The van der Waals surface area contributed by atoms with Crippen molar-refractivity contribution in [2.24, 2.45) is 0 Å². The first-order chi connectivity index (χ1) is 9.57. The summed E-state index contributed by atoms with van der Waals surface area (Å²) in [5, 5.41) is 13.2. The molecule has 0 fully saturated rings. The van der Waals surface area contributed by atoms with Gasteiger partial charge in [0.05, 0.1) is 12.1 Å². The van der Waals surface area contributed by atoms with Crippen molar-refractivity contribution in [3.05, 3.63) is 58.6 Å². The van der Waals surface area contributed by atoms with Crippen LogP contribution in [0.1, 0.15) is 12.5 Å². The van der Waals surface area contributed by atoms with E-state index in [1.54, 1.807) is 11.8 Å². The highest BCUT2D eigenvalue weighted by Gasteiger charge is 2.25. The lowest BCUT2D eigenvalue weighted by Crippen LogP contribution is -2.35. The topological polar surface area (TPSA) is 32.3 Å². The predicted octanol–water partition coefficient (Wildman–Crippen LogP) is 4.49. The zero-order valence-corrected chi connectivity index (χ0v) is 14.0. The van der Waals surface area contributed by atoms with E-state index in [0.29, 0.717) is 0 Å². The number of thioether (sulfide) groups is 1. The molecule has 0 spiro atoms. The Balaban J connectivity index is 2.25. The highest BCUT2D eigenvalue weighted by atomic mass is 79.9. The van der Waals surface area contributed by atoms with Crippen molar-refractivity contribution >= 4 is 33.4 Å². The fourth-order valence-corrected chi connectivity index (χ4v) is 2.69. The first-order valence-corrected chi connectivity index (χ1v) is 8.38. The van der Waals surface area contributed by atoms with Gasteiger partial charge in [0, 0.05) is 15.1 Å². The molecule has 0 radical (unpaired) electrons. The van der Waals surface area contributed by atoms with Crippen LogP contribution in [0.25, 0.3) is 0 Å². The first-order valence-electron chi connectivity index (χ1n) is 6.36. The molecule has 4 heteroatoms. The van der Waals surface area contributed by atoms with Crippen molar-refractivity contribution in [1.82, 2.24) is 0 Å². The summed E-state index contributed by atoms with van der Waals surface area (Å²) in [4.78, 5) is 1.22. The van der Waals surface area contributed by atoms with Gasteiger partial charge in [0.25, 0.3) is 0 Å². The molecule has 0 aliphatic carbocycles. The van der Waals surface area contributed by atoms with Crippen molar-refractivity contribution < 1.29 is 5.11 Å². The van der Waals surface area contributed by atoms with Crippen LogP contribution in [0.4, 0.5) is 5.69 Å². The van der Waals surface area contributed by atoms with Gasteiger partial charge in [-0.1, -0.05) is 28.1 Å². The molecule has 1 atom stereocenters. The van der Waals surface area contributed by atoms with E-state index >= 15 is 0 Å². The Bertz CT molecular complexity index is 556. The van der Waals surface area contributed by atoms with E-state index in [-0.39, 0.29) is 6.61 Å². The molecule has 1 unspecified atom stereocenters. The second kappa shape index (κ2) is 6.66. The molecule has 0 aromatic heterocycles. The number of benzene rings is 2. The van der Waals surface area contributed by atoms with Crippen molar-refractivity contribution in [2.45, 2.75) is 17.4 Å². The number of hydrogen-bond donors (Lipinski definition) is 2. The summed E-state index contributed by atoms with van der Waals surface area (Å²) in [5.74, 6) is 0. The minimum atomic E-state index is -0.495. The van der Waals surface area contributed by atoms with Crippen molar-refractivity contribution in [3.63, 3.8) is 0 Å². The van der Waals surface area contributed by atoms with Crippen molar-refractivity contribution in [3.8, 4) is 0 Å². The van der Waals surface area contributed by atoms with Gasteiger partial charge in [-0.2, -0.15) is 0 Å². The Labute approximate surface area is 132 Å². The predicted molar refractivity (Wildman–Crippen MR) is 90.4 cm³/mol. The molecule has 2 aromatic rings. The third kappa shape index (κ3) is 3.57. The molecular weight excluding hydrogens is 334 g/mol. The van der Waals surface area contributed by atoms with E-state index in [9.17, 15) is 5.11 Å². The van der Waals surface area contributed by atoms with Crippen LogP contribution in [-0.4, -0.2) is 18.0 Å². The number of aliphatic hydroxyl groups is 1. The first kappa shape index (κ1) is 15.4. The summed E-state index contributed by atoms with van der Waals surface area (Å²) in [7, 11) is 0. The standard InChI is InChI=1S/C16H18BrNOS/c1-16(11-19,12-3-9-15(20-2)10-4-12)18-14-7-5-13(17)6-8-14/h3-10,18-19H,11H2,1-2H3. The van der Waals surface area contributed by atoms with Gasteiger partial charge in [0.1, 0.15) is 0 Å². The molecule has 0 saturated heterocycles. The van der Waals surface area contributed by atoms with Crippen LogP contribution in [0, 0.1) is 0 Å². The molecule has 20 heavy (non-hydrogen) atoms. The van der Waals surface area contributed by atoms with E-state index in [4.69, 9.17) is 0 Å². The van der Waals surface area contributed by atoms with Gasteiger partial charge < -0.3 is 10.4 Å². The number of anilines is 1. The lowest BCUT2D eigenvalue weighted by Gasteiger charge is -2.30. The lowest BCUT2D eigenvalue weighted by atomic mass is 9.92. The zero-order valence-electron chi connectivity index (χ0n) is 11.6. The third-order valence-corrected chi connectivity index (χ3v) is 4.58. The lowest BCUT2D eigenvalue weighted by molar-refractivity contribution is 0.224. The van der Waals surface area contributed by atoms with Gasteiger partial charge in [-0.15, -0.1) is 11.8 Å². The molecule has 106 valence electrons. The van der Waals surface area contributed by atoms with Gasteiger partial charge in [0.2, 0.25) is 0 Å². The Morgan fingerprint density at radius 3 is 2.20 bits per heavy atom. The molecular formula is C16H18BrNOS. The van der Waals surface area contributed by atoms with E-state index in [0.717, 1.165) is 15.7 Å². The molecule has 0 aliphatic heterocycles. The summed E-state index contributed by atoms with van der Waals surface area (Å²) in [6, 6.07) is 16.2. The van der Waals surface area contributed by atoms with Crippen LogP contribution < -0.4 is 5.32 Å². The van der Waals surface area contributed by atoms with Gasteiger partial charge in [-0.05, 0) is 55.1 Å². The van der Waals surface area contributed by atoms with Crippen LogP contribution in [-0.2, 0) is 5.54 Å². The number of halogens is 1. The molecule has 0 bridgehead atoms. The number of hydrogen-bond acceptors (Lipinski definition) is 3. The Kier molecular flexibility index (Phi) is 5.13. The Hall–Kier alpha value is -0.970. The van der Waals surface area contributed by atoms with Crippen LogP contribution in [0.5, 0.6) is 0 Å². The van der Waals surface area contributed by atoms with Crippen LogP contribution in [0.15, 0.2) is 57.9 Å². The minimum Gasteiger partial charge on any atom is -0.394 e. The van der Waals surface area contributed by atoms with Crippen molar-refractivity contribution in [2.75, 3.05) is 18.2 Å². The average molecular weight is 352 g/mol. The third-order valence-electron chi connectivity index (χ3n) is 3.31. The highest BCUT2D eigenvalue weighted by molar-refractivity contribution is 9.10. The molecule has 0 amide bonds. The Morgan fingerprint density at radius 1 is 1.10 bits per heavy atom. The summed E-state index contributed by atoms with van der Waals surface area (Å²) in [6.45, 7) is 2.03. The second-order valence-electron chi connectivity index (χ2n) is 4.85. The molecule has 0 aliphatic rings. The quantitative estimate of drug-likeness (QED) is 0.778. The van der Waals surface area contributed by atoms with Gasteiger partial charge >= 0.3 is 0 Å². The fourth-order valence-electron chi connectivity index (χ4n) is 2.01. The zero-order chi connectivity index (χ0) is 14.6. The molecule has 2 rings (SSSR count). The van der Waals surface area contributed by atoms with Crippen LogP contribution >= 0.6 is 27.7 Å². The molecule has 2 aromatic carbocycles. The molecule has 0 saturated carbocycles. The summed E-state index contributed by atoms with van der Waals surface area (Å²) < 4.78 is 1.04. The molecule has 0 heterocycles. The maximum atomic E-state index is 9.80. The van der Waals surface area contributed by atoms with E-state index in [2.05, 4.69) is 51.8 Å². The van der Waals surface area contributed by atoms with Crippen molar-refractivity contribution in [1.29, 1.82) is 0 Å². The van der Waals surface area contributed by atoms with Crippen LogP contribution in [0.3, 0.4) is 0 Å². The van der Waals surface area contributed by atoms with Gasteiger partial charge in [0.15, 0.2) is 0 Å². The highest BCUT2D eigenvalue weighted by Crippen LogP contribution is 2.28. The van der Waals surface area contributed by atoms with Gasteiger partial charge in [-0.25, -0.2) is 0 Å². The molecule has 2 nitrogen and oxygen atoms in total. The Morgan fingerprint density at radius 2 is 1.70 bits per heavy atom. The monoisotopic (exact) mass is 351 g/mol. The normalized spacial score (nSPS) is 13.8. The van der Waals surface area contributed by atoms with E-state index in [1.807, 2.05) is 31.2 Å². The smallest absolute Gasteiger partial charge is 0.0828 e. The maximum absolute atomic E-state index is 9.80. The number of rotatable bonds is 5. The average Bonchev–Trinajstić information content (AvgIpc) is 2.49.